The Morgan fingerprint density at radius 1 is 1.17 bits per heavy atom. The minimum atomic E-state index is -1.07. The van der Waals surface area contributed by atoms with Crippen molar-refractivity contribution in [2.24, 2.45) is 11.1 Å². The average Bonchev–Trinajstić information content (AvgIpc) is 2.99. The Morgan fingerprint density at radius 2 is 1.97 bits per heavy atom. The zero-order chi connectivity index (χ0) is 21.6. The highest BCUT2D eigenvalue weighted by Gasteiger charge is 2.46. The summed E-state index contributed by atoms with van der Waals surface area (Å²) in [5, 5.41) is 9.64. The van der Waals surface area contributed by atoms with E-state index < -0.39 is 6.02 Å². The molecule has 7 nitrogen and oxygen atoms in total. The lowest BCUT2D eigenvalue weighted by atomic mass is 9.73. The molecule has 0 bridgehead atoms. The standard InChI is InChI=1S/C21H22ClN7S/c22-17-15(5-8-25-19(17)24)30-16-12-26-20(28-27-16)29-9-6-21(7-10-29)11-13-3-1-2-4-14(13)18(21)23/h1-5,8,12,18H,6-7,9-11,23H2,(H2,24,25)/t18-/m1/s1/i18D. The van der Waals surface area contributed by atoms with Crippen LogP contribution in [0.2, 0.25) is 5.02 Å². The molecule has 154 valence electrons. The van der Waals surface area contributed by atoms with Crippen molar-refractivity contribution in [2.75, 3.05) is 23.7 Å². The molecule has 3 aromatic rings. The Labute approximate surface area is 185 Å². The average molecular weight is 441 g/mol. The highest BCUT2D eigenvalue weighted by atomic mass is 35.5. The number of piperidine rings is 1. The number of pyridine rings is 1. The lowest BCUT2D eigenvalue weighted by molar-refractivity contribution is 0.186. The topological polar surface area (TPSA) is 107 Å². The number of anilines is 2. The molecule has 1 aliphatic carbocycles. The van der Waals surface area contributed by atoms with Gasteiger partial charge in [0, 0.05) is 30.2 Å². The van der Waals surface area contributed by atoms with E-state index in [1.54, 1.807) is 18.5 Å². The van der Waals surface area contributed by atoms with Gasteiger partial charge in [-0.15, -0.1) is 10.2 Å². The first-order valence-corrected chi connectivity index (χ1v) is 11.0. The van der Waals surface area contributed by atoms with Gasteiger partial charge >= 0.3 is 0 Å². The van der Waals surface area contributed by atoms with Gasteiger partial charge < -0.3 is 16.4 Å². The Bertz CT molecular complexity index is 1120. The number of rotatable bonds is 3. The highest BCUT2D eigenvalue weighted by molar-refractivity contribution is 7.99. The Morgan fingerprint density at radius 3 is 2.70 bits per heavy atom. The molecule has 1 saturated heterocycles. The number of nitrogen functional groups attached to an aromatic ring is 1. The molecule has 2 aliphatic rings. The number of benzene rings is 1. The van der Waals surface area contributed by atoms with E-state index in [1.807, 2.05) is 18.2 Å². The smallest absolute Gasteiger partial charge is 0.245 e. The molecule has 9 heteroatoms. The number of nitrogens with zero attached hydrogens (tertiary/aromatic N) is 5. The van der Waals surface area contributed by atoms with Gasteiger partial charge in [0.1, 0.15) is 10.8 Å². The van der Waals surface area contributed by atoms with E-state index in [4.69, 9.17) is 24.4 Å². The highest BCUT2D eigenvalue weighted by Crippen LogP contribution is 2.50. The van der Waals surface area contributed by atoms with Crippen molar-refractivity contribution in [1.82, 2.24) is 20.2 Å². The van der Waals surface area contributed by atoms with Crippen molar-refractivity contribution in [2.45, 2.75) is 35.2 Å². The molecular weight excluding hydrogens is 418 g/mol. The maximum absolute atomic E-state index is 8.94. The fraction of sp³-hybridized carbons (Fsp3) is 0.333. The van der Waals surface area contributed by atoms with Crippen molar-refractivity contribution in [1.29, 1.82) is 0 Å². The van der Waals surface area contributed by atoms with Crippen LogP contribution >= 0.6 is 23.4 Å². The molecule has 0 amide bonds. The van der Waals surface area contributed by atoms with Crippen molar-refractivity contribution in [3.05, 3.63) is 58.9 Å². The second kappa shape index (κ2) is 7.68. The molecule has 1 aromatic carbocycles. The number of aromatic nitrogens is 4. The summed E-state index contributed by atoms with van der Waals surface area (Å²) in [6.45, 7) is 1.49. The molecule has 0 saturated carbocycles. The maximum Gasteiger partial charge on any atom is 0.245 e. The van der Waals surface area contributed by atoms with Gasteiger partial charge in [-0.3, -0.25) is 0 Å². The van der Waals surface area contributed by atoms with Crippen LogP contribution in [-0.4, -0.2) is 33.3 Å². The second-order valence-electron chi connectivity index (χ2n) is 7.72. The van der Waals surface area contributed by atoms with Crippen LogP contribution in [0.1, 0.15) is 31.4 Å². The van der Waals surface area contributed by atoms with E-state index in [0.717, 1.165) is 42.8 Å². The summed E-state index contributed by atoms with van der Waals surface area (Å²) in [4.78, 5) is 11.3. The summed E-state index contributed by atoms with van der Waals surface area (Å²) in [6.07, 6.45) is 5.77. The molecule has 5 rings (SSSR count). The molecule has 1 aliphatic heterocycles. The first kappa shape index (κ1) is 18.4. The van der Waals surface area contributed by atoms with Crippen LogP contribution in [0.15, 0.2) is 52.6 Å². The third-order valence-electron chi connectivity index (χ3n) is 6.03. The predicted octanol–water partition coefficient (Wildman–Crippen LogP) is 3.50. The van der Waals surface area contributed by atoms with Crippen LogP contribution in [0.25, 0.3) is 0 Å². The monoisotopic (exact) mass is 440 g/mol. The van der Waals surface area contributed by atoms with Gasteiger partial charge in [-0.25, -0.2) is 9.97 Å². The third-order valence-corrected chi connectivity index (χ3v) is 7.50. The number of hydrogen-bond donors (Lipinski definition) is 2. The number of halogens is 1. The van der Waals surface area contributed by atoms with E-state index in [-0.39, 0.29) is 11.2 Å². The van der Waals surface area contributed by atoms with E-state index in [0.29, 0.717) is 16.0 Å². The number of nitrogens with two attached hydrogens (primary N) is 2. The molecule has 30 heavy (non-hydrogen) atoms. The van der Waals surface area contributed by atoms with Crippen LogP contribution in [-0.2, 0) is 6.42 Å². The lowest BCUT2D eigenvalue weighted by Crippen LogP contribution is -2.45. The van der Waals surface area contributed by atoms with E-state index in [9.17, 15) is 0 Å². The predicted molar refractivity (Wildman–Crippen MR) is 119 cm³/mol. The summed E-state index contributed by atoms with van der Waals surface area (Å²) >= 11 is 7.55. The first-order valence-electron chi connectivity index (χ1n) is 10.3. The zero-order valence-electron chi connectivity index (χ0n) is 17.3. The van der Waals surface area contributed by atoms with Crippen LogP contribution in [0.4, 0.5) is 11.8 Å². The van der Waals surface area contributed by atoms with E-state index in [1.165, 1.54) is 17.3 Å². The largest absolute Gasteiger partial charge is 0.382 e. The summed E-state index contributed by atoms with van der Waals surface area (Å²) in [5.74, 6) is 0.869. The molecule has 0 unspecified atom stereocenters. The molecule has 1 spiro atoms. The van der Waals surface area contributed by atoms with Crippen LogP contribution < -0.4 is 16.4 Å². The second-order valence-corrected chi connectivity index (χ2v) is 9.16. The quantitative estimate of drug-likeness (QED) is 0.637. The fourth-order valence-electron chi connectivity index (χ4n) is 4.35. The van der Waals surface area contributed by atoms with Gasteiger partial charge in [-0.2, -0.15) is 0 Å². The van der Waals surface area contributed by atoms with Gasteiger partial charge in [-0.1, -0.05) is 47.6 Å². The molecule has 2 aromatic heterocycles. The first-order chi connectivity index (χ1) is 14.9. The van der Waals surface area contributed by atoms with Crippen molar-refractivity contribution in [3.8, 4) is 0 Å². The summed E-state index contributed by atoms with van der Waals surface area (Å²) in [7, 11) is 0. The van der Waals surface area contributed by atoms with Crippen LogP contribution in [0, 0.1) is 5.41 Å². The fourth-order valence-corrected chi connectivity index (χ4v) is 5.31. The van der Waals surface area contributed by atoms with Gasteiger partial charge in [0.25, 0.3) is 0 Å². The Balaban J connectivity index is 1.28. The minimum absolute atomic E-state index is 0.256. The van der Waals surface area contributed by atoms with Crippen molar-refractivity contribution < 1.29 is 1.37 Å². The Hall–Kier alpha value is -2.42. The molecule has 1 atom stereocenters. The van der Waals surface area contributed by atoms with Crippen molar-refractivity contribution >= 4 is 35.1 Å². The number of hydrogen-bond acceptors (Lipinski definition) is 8. The van der Waals surface area contributed by atoms with Gasteiger partial charge in [0.2, 0.25) is 5.95 Å². The van der Waals surface area contributed by atoms with E-state index in [2.05, 4.69) is 31.1 Å². The molecular formula is C21H22ClN7S. The summed E-state index contributed by atoms with van der Waals surface area (Å²) in [6, 6.07) is 8.79. The SMILES string of the molecule is [2H][C@@]1(N)c2ccccc2CC12CCN(c1ncc(Sc3ccnc(N)c3Cl)nn1)CC2. The van der Waals surface area contributed by atoms with Gasteiger partial charge in [-0.05, 0) is 41.9 Å². The third kappa shape index (κ3) is 3.38. The van der Waals surface area contributed by atoms with Crippen LogP contribution in [0.5, 0.6) is 0 Å². The maximum atomic E-state index is 8.94. The minimum Gasteiger partial charge on any atom is -0.382 e. The lowest BCUT2D eigenvalue weighted by Gasteiger charge is -2.42. The molecule has 1 fully saturated rings. The summed E-state index contributed by atoms with van der Waals surface area (Å²) < 4.78 is 8.94. The van der Waals surface area contributed by atoms with E-state index >= 15 is 0 Å². The molecule has 0 radical (unpaired) electrons. The normalized spacial score (nSPS) is 22.7. The zero-order valence-corrected chi connectivity index (χ0v) is 17.8. The summed E-state index contributed by atoms with van der Waals surface area (Å²) in [5.41, 5.74) is 14.2. The number of fused-ring (bicyclic) bond motifs is 1. The van der Waals surface area contributed by atoms with Gasteiger partial charge in [0.05, 0.1) is 12.6 Å². The van der Waals surface area contributed by atoms with Gasteiger partial charge in [0.15, 0.2) is 0 Å². The van der Waals surface area contributed by atoms with Crippen molar-refractivity contribution in [3.63, 3.8) is 0 Å². The van der Waals surface area contributed by atoms with Crippen LogP contribution in [0.3, 0.4) is 0 Å². The molecule has 3 heterocycles. The molecule has 4 N–H and O–H groups in total. The Kier molecular flexibility index (Phi) is 4.70.